The first-order chi connectivity index (χ1) is 11.1. The molecule has 2 amide bonds. The number of likely N-dealkylation sites (tertiary alicyclic amines) is 2. The summed E-state index contributed by atoms with van der Waals surface area (Å²) in [6, 6.07) is 1.65. The van der Waals surface area contributed by atoms with Crippen LogP contribution in [0.5, 0.6) is 0 Å². The molecule has 0 atom stereocenters. The lowest BCUT2D eigenvalue weighted by Crippen LogP contribution is -2.41. The van der Waals surface area contributed by atoms with E-state index in [0.29, 0.717) is 36.1 Å². The molecule has 6 nitrogen and oxygen atoms in total. The van der Waals surface area contributed by atoms with Gasteiger partial charge in [0, 0.05) is 51.5 Å². The van der Waals surface area contributed by atoms with Crippen LogP contribution in [0.3, 0.4) is 0 Å². The molecule has 126 valence electrons. The SMILES string of the molecule is O=C(CCc1cc(Cl)no1)N1CCC(CN2CCCC2=O)CC1. The maximum atomic E-state index is 12.2. The molecule has 7 heteroatoms. The fourth-order valence-corrected chi connectivity index (χ4v) is 3.52. The molecule has 0 aromatic carbocycles. The van der Waals surface area contributed by atoms with Crippen LogP contribution in [0.25, 0.3) is 0 Å². The number of aromatic nitrogens is 1. The highest BCUT2D eigenvalue weighted by molar-refractivity contribution is 6.29. The Morgan fingerprint density at radius 3 is 2.74 bits per heavy atom. The predicted octanol–water partition coefficient (Wildman–Crippen LogP) is 2.12. The molecule has 2 saturated heterocycles. The summed E-state index contributed by atoms with van der Waals surface area (Å²) in [5.41, 5.74) is 0. The first kappa shape index (κ1) is 16.3. The Morgan fingerprint density at radius 2 is 2.13 bits per heavy atom. The van der Waals surface area contributed by atoms with Crippen molar-refractivity contribution >= 4 is 23.4 Å². The van der Waals surface area contributed by atoms with Crippen molar-refractivity contribution in [1.29, 1.82) is 0 Å². The second-order valence-electron chi connectivity index (χ2n) is 6.38. The Balaban J connectivity index is 1.39. The van der Waals surface area contributed by atoms with Crippen LogP contribution in [0.2, 0.25) is 5.15 Å². The van der Waals surface area contributed by atoms with Crippen LogP contribution in [-0.4, -0.2) is 52.9 Å². The topological polar surface area (TPSA) is 66.7 Å². The van der Waals surface area contributed by atoms with Gasteiger partial charge in [-0.3, -0.25) is 9.59 Å². The first-order valence-electron chi connectivity index (χ1n) is 8.28. The molecule has 3 heterocycles. The molecular formula is C16H22ClN3O3. The van der Waals surface area contributed by atoms with Gasteiger partial charge in [0.05, 0.1) is 0 Å². The molecule has 2 aliphatic rings. The van der Waals surface area contributed by atoms with E-state index in [0.717, 1.165) is 45.4 Å². The lowest BCUT2D eigenvalue weighted by atomic mass is 9.96. The van der Waals surface area contributed by atoms with E-state index < -0.39 is 0 Å². The zero-order chi connectivity index (χ0) is 16.2. The fraction of sp³-hybridized carbons (Fsp3) is 0.688. The van der Waals surface area contributed by atoms with Crippen LogP contribution >= 0.6 is 11.6 Å². The fourth-order valence-electron chi connectivity index (χ4n) is 3.37. The molecule has 0 spiro atoms. The average molecular weight is 340 g/mol. The van der Waals surface area contributed by atoms with Crippen molar-refractivity contribution in [2.75, 3.05) is 26.2 Å². The maximum Gasteiger partial charge on any atom is 0.223 e. The van der Waals surface area contributed by atoms with Crippen molar-refractivity contribution in [3.8, 4) is 0 Å². The van der Waals surface area contributed by atoms with Crippen molar-refractivity contribution in [2.45, 2.75) is 38.5 Å². The van der Waals surface area contributed by atoms with Crippen molar-refractivity contribution in [1.82, 2.24) is 15.0 Å². The number of hydrogen-bond donors (Lipinski definition) is 0. The maximum absolute atomic E-state index is 12.2. The van der Waals surface area contributed by atoms with Gasteiger partial charge >= 0.3 is 0 Å². The van der Waals surface area contributed by atoms with E-state index in [1.54, 1.807) is 6.07 Å². The highest BCUT2D eigenvalue weighted by Crippen LogP contribution is 2.22. The Bertz CT molecular complexity index is 567. The standard InChI is InChI=1S/C16H22ClN3O3/c17-14-10-13(23-18-14)3-4-16(22)19-8-5-12(6-9-19)11-20-7-1-2-15(20)21/h10,12H,1-9,11H2. The molecule has 0 N–H and O–H groups in total. The smallest absolute Gasteiger partial charge is 0.223 e. The first-order valence-corrected chi connectivity index (χ1v) is 8.66. The third-order valence-corrected chi connectivity index (χ3v) is 4.91. The second-order valence-corrected chi connectivity index (χ2v) is 6.77. The Labute approximate surface area is 140 Å². The third kappa shape index (κ3) is 4.25. The lowest BCUT2D eigenvalue weighted by Gasteiger charge is -2.34. The summed E-state index contributed by atoms with van der Waals surface area (Å²) in [4.78, 5) is 27.8. The Morgan fingerprint density at radius 1 is 1.35 bits per heavy atom. The molecule has 1 aromatic heterocycles. The predicted molar refractivity (Wildman–Crippen MR) is 85.0 cm³/mol. The molecule has 0 radical (unpaired) electrons. The number of aryl methyl sites for hydroxylation is 1. The van der Waals surface area contributed by atoms with Gasteiger partial charge in [0.25, 0.3) is 0 Å². The summed E-state index contributed by atoms with van der Waals surface area (Å²) in [5.74, 6) is 1.60. The Hall–Kier alpha value is -1.56. The zero-order valence-electron chi connectivity index (χ0n) is 13.2. The van der Waals surface area contributed by atoms with Gasteiger partial charge in [0.15, 0.2) is 5.15 Å². The molecule has 23 heavy (non-hydrogen) atoms. The number of carbonyl (C=O) groups is 2. The van der Waals surface area contributed by atoms with Crippen LogP contribution in [0.1, 0.15) is 37.9 Å². The van der Waals surface area contributed by atoms with Crippen LogP contribution in [0, 0.1) is 5.92 Å². The molecular weight excluding hydrogens is 318 g/mol. The summed E-state index contributed by atoms with van der Waals surface area (Å²) in [7, 11) is 0. The minimum Gasteiger partial charge on any atom is -0.360 e. The van der Waals surface area contributed by atoms with Gasteiger partial charge in [0.1, 0.15) is 5.76 Å². The molecule has 2 aliphatic heterocycles. The summed E-state index contributed by atoms with van der Waals surface area (Å²) < 4.78 is 5.01. The van der Waals surface area contributed by atoms with E-state index in [1.807, 2.05) is 9.80 Å². The molecule has 0 bridgehead atoms. The van der Waals surface area contributed by atoms with Gasteiger partial charge in [0.2, 0.25) is 11.8 Å². The van der Waals surface area contributed by atoms with Crippen LogP contribution in [0.4, 0.5) is 0 Å². The van der Waals surface area contributed by atoms with Gasteiger partial charge in [-0.1, -0.05) is 16.8 Å². The monoisotopic (exact) mass is 339 g/mol. The molecule has 1 aromatic rings. The highest BCUT2D eigenvalue weighted by atomic mass is 35.5. The number of nitrogens with zero attached hydrogens (tertiary/aromatic N) is 3. The van der Waals surface area contributed by atoms with E-state index in [9.17, 15) is 9.59 Å². The van der Waals surface area contributed by atoms with Crippen molar-refractivity contribution in [3.05, 3.63) is 17.0 Å². The van der Waals surface area contributed by atoms with Crippen LogP contribution < -0.4 is 0 Å². The van der Waals surface area contributed by atoms with E-state index in [1.165, 1.54) is 0 Å². The third-order valence-electron chi connectivity index (χ3n) is 4.73. The molecule has 3 rings (SSSR count). The number of amides is 2. The number of hydrogen-bond acceptors (Lipinski definition) is 4. The highest BCUT2D eigenvalue weighted by Gasteiger charge is 2.27. The summed E-state index contributed by atoms with van der Waals surface area (Å²) in [6.45, 7) is 3.32. The summed E-state index contributed by atoms with van der Waals surface area (Å²) >= 11 is 5.69. The van der Waals surface area contributed by atoms with Crippen LogP contribution in [0.15, 0.2) is 10.6 Å². The summed E-state index contributed by atoms with van der Waals surface area (Å²) in [5, 5.41) is 3.93. The lowest BCUT2D eigenvalue weighted by molar-refractivity contribution is -0.133. The minimum absolute atomic E-state index is 0.147. The van der Waals surface area contributed by atoms with Crippen molar-refractivity contribution in [2.24, 2.45) is 5.92 Å². The number of piperidine rings is 1. The molecule has 0 saturated carbocycles. The van der Waals surface area contributed by atoms with Crippen molar-refractivity contribution < 1.29 is 14.1 Å². The summed E-state index contributed by atoms with van der Waals surface area (Å²) in [6.07, 6.45) is 4.58. The van der Waals surface area contributed by atoms with Gasteiger partial charge in [-0.2, -0.15) is 0 Å². The van der Waals surface area contributed by atoms with Gasteiger partial charge < -0.3 is 14.3 Å². The van der Waals surface area contributed by atoms with Crippen molar-refractivity contribution in [3.63, 3.8) is 0 Å². The minimum atomic E-state index is 0.147. The normalized spacial score (nSPS) is 19.6. The molecule has 0 aliphatic carbocycles. The van der Waals surface area contributed by atoms with Gasteiger partial charge in [-0.25, -0.2) is 0 Å². The van der Waals surface area contributed by atoms with E-state index in [2.05, 4.69) is 5.16 Å². The molecule has 0 unspecified atom stereocenters. The number of rotatable bonds is 5. The average Bonchev–Trinajstić information content (AvgIpc) is 3.14. The molecule has 2 fully saturated rings. The largest absolute Gasteiger partial charge is 0.360 e. The second kappa shape index (κ2) is 7.34. The quantitative estimate of drug-likeness (QED) is 0.824. The zero-order valence-corrected chi connectivity index (χ0v) is 13.9. The van der Waals surface area contributed by atoms with E-state index in [-0.39, 0.29) is 11.8 Å². The van der Waals surface area contributed by atoms with Crippen LogP contribution in [-0.2, 0) is 16.0 Å². The Kier molecular flexibility index (Phi) is 5.20. The van der Waals surface area contributed by atoms with Gasteiger partial charge in [-0.05, 0) is 25.2 Å². The van der Waals surface area contributed by atoms with Gasteiger partial charge in [-0.15, -0.1) is 0 Å². The number of carbonyl (C=O) groups excluding carboxylic acids is 2. The van der Waals surface area contributed by atoms with E-state index in [4.69, 9.17) is 16.1 Å². The van der Waals surface area contributed by atoms with E-state index >= 15 is 0 Å². The number of halogens is 1.